The molecule has 134 valence electrons. The molecule has 2 aromatic rings. The Bertz CT molecular complexity index is 678. The summed E-state index contributed by atoms with van der Waals surface area (Å²) in [5, 5.41) is 2.91. The number of urea groups is 1. The molecule has 2 amide bonds. The van der Waals surface area contributed by atoms with Gasteiger partial charge in [0, 0.05) is 12.2 Å². The third kappa shape index (κ3) is 5.52. The van der Waals surface area contributed by atoms with E-state index in [0.717, 1.165) is 11.4 Å². The van der Waals surface area contributed by atoms with E-state index in [-0.39, 0.29) is 11.4 Å². The fraction of sp³-hybridized carbons (Fsp3) is 0.381. The van der Waals surface area contributed by atoms with Crippen LogP contribution in [-0.2, 0) is 5.41 Å². The van der Waals surface area contributed by atoms with Crippen LogP contribution in [0, 0.1) is 0 Å². The summed E-state index contributed by atoms with van der Waals surface area (Å²) in [6, 6.07) is 17.7. The van der Waals surface area contributed by atoms with Crippen LogP contribution in [0.5, 0.6) is 5.75 Å². The molecule has 2 aromatic carbocycles. The van der Waals surface area contributed by atoms with Crippen LogP contribution in [-0.4, -0.2) is 25.7 Å². The van der Waals surface area contributed by atoms with Gasteiger partial charge in [0.15, 0.2) is 0 Å². The van der Waals surface area contributed by atoms with E-state index in [2.05, 4.69) is 38.2 Å². The van der Waals surface area contributed by atoms with Crippen LogP contribution >= 0.6 is 0 Å². The molecule has 2 rings (SSSR count). The van der Waals surface area contributed by atoms with Gasteiger partial charge in [-0.05, 0) is 42.2 Å². The summed E-state index contributed by atoms with van der Waals surface area (Å²) < 4.78 is 5.78. The molecule has 0 aliphatic heterocycles. The monoisotopic (exact) mass is 340 g/mol. The summed E-state index contributed by atoms with van der Waals surface area (Å²) in [6.45, 7) is 10.00. The number of carbonyl (C=O) groups is 1. The molecule has 0 saturated heterocycles. The average molecular weight is 340 g/mol. The number of amides is 2. The zero-order valence-corrected chi connectivity index (χ0v) is 15.6. The summed E-state index contributed by atoms with van der Waals surface area (Å²) in [5.74, 6) is 0.831. The molecular formula is C21H28N2O2. The Hall–Kier alpha value is -2.49. The number of carbonyl (C=O) groups excluding carboxylic acids is 1. The lowest BCUT2D eigenvalue weighted by Crippen LogP contribution is -2.41. The topological polar surface area (TPSA) is 41.6 Å². The lowest BCUT2D eigenvalue weighted by atomic mass is 9.87. The maximum atomic E-state index is 12.3. The number of para-hydroxylation sites is 1. The second kappa shape index (κ2) is 8.56. The summed E-state index contributed by atoms with van der Waals surface area (Å²) in [6.07, 6.45) is 0. The van der Waals surface area contributed by atoms with Gasteiger partial charge in [0.1, 0.15) is 12.4 Å². The van der Waals surface area contributed by atoms with Crippen LogP contribution in [0.4, 0.5) is 10.5 Å². The first-order valence-corrected chi connectivity index (χ1v) is 8.75. The second-order valence-corrected chi connectivity index (χ2v) is 6.94. The van der Waals surface area contributed by atoms with Crippen molar-refractivity contribution in [2.24, 2.45) is 0 Å². The molecule has 0 aliphatic carbocycles. The maximum Gasteiger partial charge on any atom is 0.321 e. The highest BCUT2D eigenvalue weighted by Crippen LogP contribution is 2.25. The SMILES string of the molecule is CCN(C(=O)NCCOc1cccc(C(C)(C)C)c1)c1ccccc1. The van der Waals surface area contributed by atoms with Crippen molar-refractivity contribution in [3.05, 3.63) is 60.2 Å². The molecule has 0 aromatic heterocycles. The van der Waals surface area contributed by atoms with Crippen molar-refractivity contribution in [1.29, 1.82) is 0 Å². The van der Waals surface area contributed by atoms with E-state index in [0.29, 0.717) is 19.7 Å². The van der Waals surface area contributed by atoms with E-state index < -0.39 is 0 Å². The molecule has 0 radical (unpaired) electrons. The minimum atomic E-state index is -0.110. The zero-order valence-electron chi connectivity index (χ0n) is 15.6. The number of ether oxygens (including phenoxy) is 1. The van der Waals surface area contributed by atoms with Gasteiger partial charge < -0.3 is 10.1 Å². The Kier molecular flexibility index (Phi) is 6.45. The van der Waals surface area contributed by atoms with E-state index >= 15 is 0 Å². The first-order valence-electron chi connectivity index (χ1n) is 8.75. The fourth-order valence-electron chi connectivity index (χ4n) is 2.53. The van der Waals surface area contributed by atoms with E-state index in [1.54, 1.807) is 4.90 Å². The summed E-state index contributed by atoms with van der Waals surface area (Å²) in [7, 11) is 0. The Morgan fingerprint density at radius 2 is 1.80 bits per heavy atom. The Morgan fingerprint density at radius 3 is 2.44 bits per heavy atom. The smallest absolute Gasteiger partial charge is 0.321 e. The third-order valence-corrected chi connectivity index (χ3v) is 3.98. The number of anilines is 1. The summed E-state index contributed by atoms with van der Waals surface area (Å²) in [5.41, 5.74) is 2.21. The molecule has 0 saturated carbocycles. The van der Waals surface area contributed by atoms with Crippen molar-refractivity contribution in [3.8, 4) is 5.75 Å². The van der Waals surface area contributed by atoms with Crippen LogP contribution in [0.3, 0.4) is 0 Å². The van der Waals surface area contributed by atoms with E-state index in [9.17, 15) is 4.79 Å². The van der Waals surface area contributed by atoms with Gasteiger partial charge in [0.2, 0.25) is 0 Å². The number of benzene rings is 2. The molecule has 0 bridgehead atoms. The fourth-order valence-corrected chi connectivity index (χ4v) is 2.53. The first kappa shape index (κ1) is 18.8. The molecule has 0 heterocycles. The van der Waals surface area contributed by atoms with Crippen molar-refractivity contribution in [2.45, 2.75) is 33.1 Å². The molecule has 25 heavy (non-hydrogen) atoms. The number of nitrogens with one attached hydrogen (secondary N) is 1. The van der Waals surface area contributed by atoms with Gasteiger partial charge >= 0.3 is 6.03 Å². The standard InChI is InChI=1S/C21H28N2O2/c1-5-23(18-11-7-6-8-12-18)20(24)22-14-15-25-19-13-9-10-17(16-19)21(2,3)4/h6-13,16H,5,14-15H2,1-4H3,(H,22,24). The highest BCUT2D eigenvalue weighted by molar-refractivity contribution is 5.91. The summed E-state index contributed by atoms with van der Waals surface area (Å²) in [4.78, 5) is 14.0. The number of hydrogen-bond donors (Lipinski definition) is 1. The molecule has 0 unspecified atom stereocenters. The van der Waals surface area contributed by atoms with Gasteiger partial charge in [-0.3, -0.25) is 4.90 Å². The van der Waals surface area contributed by atoms with Crippen LogP contribution in [0.1, 0.15) is 33.3 Å². The van der Waals surface area contributed by atoms with Gasteiger partial charge in [0.05, 0.1) is 6.54 Å². The lowest BCUT2D eigenvalue weighted by Gasteiger charge is -2.22. The highest BCUT2D eigenvalue weighted by Gasteiger charge is 2.14. The average Bonchev–Trinajstić information content (AvgIpc) is 2.60. The van der Waals surface area contributed by atoms with Gasteiger partial charge in [-0.1, -0.05) is 51.1 Å². The molecule has 0 atom stereocenters. The van der Waals surface area contributed by atoms with Crippen molar-refractivity contribution in [3.63, 3.8) is 0 Å². The van der Waals surface area contributed by atoms with E-state index in [1.165, 1.54) is 5.56 Å². The molecule has 0 spiro atoms. The van der Waals surface area contributed by atoms with Crippen LogP contribution < -0.4 is 15.0 Å². The normalized spacial score (nSPS) is 11.0. The minimum absolute atomic E-state index is 0.0882. The second-order valence-electron chi connectivity index (χ2n) is 6.94. The largest absolute Gasteiger partial charge is 0.492 e. The van der Waals surface area contributed by atoms with Gasteiger partial charge in [-0.2, -0.15) is 0 Å². The van der Waals surface area contributed by atoms with Crippen LogP contribution in [0.2, 0.25) is 0 Å². The molecule has 4 nitrogen and oxygen atoms in total. The van der Waals surface area contributed by atoms with Crippen LogP contribution in [0.15, 0.2) is 54.6 Å². The van der Waals surface area contributed by atoms with Gasteiger partial charge in [-0.15, -0.1) is 0 Å². The molecule has 0 aliphatic rings. The van der Waals surface area contributed by atoms with Crippen molar-refractivity contribution in [1.82, 2.24) is 5.32 Å². The Labute approximate surface area is 150 Å². The molecule has 4 heteroatoms. The molecular weight excluding hydrogens is 312 g/mol. The number of rotatable bonds is 6. The number of hydrogen-bond acceptors (Lipinski definition) is 2. The first-order chi connectivity index (χ1) is 11.9. The maximum absolute atomic E-state index is 12.3. The van der Waals surface area contributed by atoms with Crippen molar-refractivity contribution >= 4 is 11.7 Å². The minimum Gasteiger partial charge on any atom is -0.492 e. The highest BCUT2D eigenvalue weighted by atomic mass is 16.5. The molecule has 1 N–H and O–H groups in total. The van der Waals surface area contributed by atoms with Gasteiger partial charge in [0.25, 0.3) is 0 Å². The summed E-state index contributed by atoms with van der Waals surface area (Å²) >= 11 is 0. The predicted molar refractivity (Wildman–Crippen MR) is 103 cm³/mol. The Balaban J connectivity index is 1.84. The van der Waals surface area contributed by atoms with Crippen molar-refractivity contribution < 1.29 is 9.53 Å². The van der Waals surface area contributed by atoms with E-state index in [4.69, 9.17) is 4.74 Å². The molecule has 0 fully saturated rings. The Morgan fingerprint density at radius 1 is 1.08 bits per heavy atom. The van der Waals surface area contributed by atoms with E-state index in [1.807, 2.05) is 49.4 Å². The van der Waals surface area contributed by atoms with Gasteiger partial charge in [-0.25, -0.2) is 4.79 Å². The van der Waals surface area contributed by atoms with Crippen molar-refractivity contribution in [2.75, 3.05) is 24.6 Å². The zero-order chi connectivity index (χ0) is 18.3. The lowest BCUT2D eigenvalue weighted by molar-refractivity contribution is 0.242. The number of nitrogens with zero attached hydrogens (tertiary/aromatic N) is 1. The quantitative estimate of drug-likeness (QED) is 0.781. The van der Waals surface area contributed by atoms with Crippen LogP contribution in [0.25, 0.3) is 0 Å². The predicted octanol–water partition coefficient (Wildman–Crippen LogP) is 4.60. The third-order valence-electron chi connectivity index (χ3n) is 3.98.